The summed E-state index contributed by atoms with van der Waals surface area (Å²) in [6.45, 7) is 2.01. The molecule has 0 aliphatic rings. The molecule has 0 atom stereocenters. The molecule has 0 unspecified atom stereocenters. The molecule has 3 aromatic rings. The van der Waals surface area contributed by atoms with Gasteiger partial charge in [0.15, 0.2) is 5.65 Å². The van der Waals surface area contributed by atoms with Crippen LogP contribution in [0.25, 0.3) is 5.65 Å². The molecule has 96 valence electrons. The Kier molecular flexibility index (Phi) is 2.76. The van der Waals surface area contributed by atoms with Crippen molar-refractivity contribution in [3.63, 3.8) is 0 Å². The van der Waals surface area contributed by atoms with Crippen molar-refractivity contribution in [2.75, 3.05) is 11.1 Å². The van der Waals surface area contributed by atoms with Gasteiger partial charge in [0, 0.05) is 11.9 Å². The fourth-order valence-corrected chi connectivity index (χ4v) is 1.96. The van der Waals surface area contributed by atoms with Gasteiger partial charge in [-0.3, -0.25) is 0 Å². The average Bonchev–Trinajstić information content (AvgIpc) is 2.75. The smallest absolute Gasteiger partial charge is 0.247 e. The average molecular weight is 274 g/mol. The number of nitrogens with two attached hydrogens (primary N) is 1. The number of rotatable bonds is 2. The van der Waals surface area contributed by atoms with E-state index in [1.165, 1.54) is 0 Å². The van der Waals surface area contributed by atoms with Crippen molar-refractivity contribution in [2.45, 2.75) is 6.92 Å². The number of anilines is 3. The number of nitrogens with one attached hydrogen (secondary N) is 1. The van der Waals surface area contributed by atoms with E-state index in [4.69, 9.17) is 17.3 Å². The number of hydrogen-bond donors (Lipinski definition) is 2. The van der Waals surface area contributed by atoms with Gasteiger partial charge in [0.25, 0.3) is 0 Å². The first-order chi connectivity index (χ1) is 9.11. The van der Waals surface area contributed by atoms with Crippen molar-refractivity contribution < 1.29 is 0 Å². The maximum Gasteiger partial charge on any atom is 0.247 e. The molecule has 3 N–H and O–H groups in total. The van der Waals surface area contributed by atoms with Gasteiger partial charge in [-0.25, -0.2) is 4.52 Å². The molecule has 0 saturated heterocycles. The van der Waals surface area contributed by atoms with Crippen LogP contribution in [0.1, 0.15) is 5.56 Å². The lowest BCUT2D eigenvalue weighted by atomic mass is 10.3. The number of hydrogen-bond acceptors (Lipinski definition) is 4. The minimum atomic E-state index is 0.484. The summed E-state index contributed by atoms with van der Waals surface area (Å²) in [6.07, 6.45) is 1.86. The Labute approximate surface area is 115 Å². The minimum Gasteiger partial charge on any atom is -0.399 e. The molecule has 5 nitrogen and oxygen atoms in total. The van der Waals surface area contributed by atoms with E-state index >= 15 is 0 Å². The molecule has 2 aromatic heterocycles. The van der Waals surface area contributed by atoms with Gasteiger partial charge in [-0.05, 0) is 42.8 Å². The summed E-state index contributed by atoms with van der Waals surface area (Å²) in [5, 5.41) is 7.96. The highest BCUT2D eigenvalue weighted by Crippen LogP contribution is 2.26. The molecular formula is C13H12ClN5. The molecule has 1 aromatic carbocycles. The maximum atomic E-state index is 6.09. The number of halogens is 1. The van der Waals surface area contributed by atoms with Gasteiger partial charge >= 0.3 is 0 Å². The fraction of sp³-hybridized carbons (Fsp3) is 0.0769. The van der Waals surface area contributed by atoms with Crippen LogP contribution in [0.15, 0.2) is 36.5 Å². The van der Waals surface area contributed by atoms with Crippen molar-refractivity contribution >= 4 is 34.6 Å². The number of benzene rings is 1. The standard InChI is InChI=1S/C13H12ClN5/c1-8-4-5-19-12(6-8)17-13(18-19)16-11-7-9(15)2-3-10(11)14/h2-7H,15H2,1H3,(H,16,18). The summed E-state index contributed by atoms with van der Waals surface area (Å²) >= 11 is 6.09. The van der Waals surface area contributed by atoms with Gasteiger partial charge in [0.05, 0.1) is 10.7 Å². The van der Waals surface area contributed by atoms with E-state index in [1.54, 1.807) is 22.7 Å². The van der Waals surface area contributed by atoms with Crippen LogP contribution in [0.5, 0.6) is 0 Å². The highest BCUT2D eigenvalue weighted by molar-refractivity contribution is 6.33. The summed E-state index contributed by atoms with van der Waals surface area (Å²) in [6, 6.07) is 9.16. The van der Waals surface area contributed by atoms with E-state index in [0.717, 1.165) is 11.2 Å². The van der Waals surface area contributed by atoms with E-state index in [0.29, 0.717) is 22.3 Å². The molecule has 0 fully saturated rings. The highest BCUT2D eigenvalue weighted by atomic mass is 35.5. The van der Waals surface area contributed by atoms with Gasteiger partial charge in [-0.1, -0.05) is 11.6 Å². The van der Waals surface area contributed by atoms with E-state index < -0.39 is 0 Å². The van der Waals surface area contributed by atoms with Gasteiger partial charge < -0.3 is 11.1 Å². The molecule has 19 heavy (non-hydrogen) atoms. The van der Waals surface area contributed by atoms with Crippen LogP contribution < -0.4 is 11.1 Å². The first-order valence-electron chi connectivity index (χ1n) is 5.77. The summed E-state index contributed by atoms with van der Waals surface area (Å²) in [5.41, 5.74) is 8.96. The molecule has 0 radical (unpaired) electrons. The van der Waals surface area contributed by atoms with E-state index in [-0.39, 0.29) is 0 Å². The maximum absolute atomic E-state index is 6.09. The lowest BCUT2D eigenvalue weighted by Crippen LogP contribution is -1.95. The number of aryl methyl sites for hydroxylation is 1. The molecule has 3 rings (SSSR count). The third-order valence-corrected chi connectivity index (χ3v) is 3.06. The Morgan fingerprint density at radius 1 is 1.26 bits per heavy atom. The molecular weight excluding hydrogens is 262 g/mol. The second kappa shape index (κ2) is 4.44. The number of pyridine rings is 1. The van der Waals surface area contributed by atoms with Gasteiger partial charge in [-0.15, -0.1) is 5.10 Å². The van der Waals surface area contributed by atoms with Crippen LogP contribution in [0, 0.1) is 6.92 Å². The second-order valence-electron chi connectivity index (χ2n) is 4.31. The largest absolute Gasteiger partial charge is 0.399 e. The van der Waals surface area contributed by atoms with Crippen LogP contribution >= 0.6 is 11.6 Å². The molecule has 0 aliphatic heterocycles. The van der Waals surface area contributed by atoms with Crippen molar-refractivity contribution in [1.82, 2.24) is 14.6 Å². The Morgan fingerprint density at radius 3 is 2.95 bits per heavy atom. The zero-order valence-electron chi connectivity index (χ0n) is 10.3. The second-order valence-corrected chi connectivity index (χ2v) is 4.71. The highest BCUT2D eigenvalue weighted by Gasteiger charge is 2.06. The molecule has 0 bridgehead atoms. The zero-order chi connectivity index (χ0) is 13.4. The lowest BCUT2D eigenvalue weighted by molar-refractivity contribution is 0.962. The molecule has 2 heterocycles. The number of nitrogen functional groups attached to an aromatic ring is 1. The minimum absolute atomic E-state index is 0.484. The Hall–Kier alpha value is -2.27. The van der Waals surface area contributed by atoms with Crippen LogP contribution in [0.4, 0.5) is 17.3 Å². The molecule has 0 saturated carbocycles. The Morgan fingerprint density at radius 2 is 2.11 bits per heavy atom. The van der Waals surface area contributed by atoms with Crippen molar-refractivity contribution in [3.8, 4) is 0 Å². The van der Waals surface area contributed by atoms with Crippen molar-refractivity contribution in [3.05, 3.63) is 47.1 Å². The Balaban J connectivity index is 1.98. The number of aromatic nitrogens is 3. The summed E-state index contributed by atoms with van der Waals surface area (Å²) in [4.78, 5) is 4.38. The predicted molar refractivity (Wildman–Crippen MR) is 76.9 cm³/mol. The first-order valence-corrected chi connectivity index (χ1v) is 6.15. The van der Waals surface area contributed by atoms with Crippen LogP contribution in [-0.4, -0.2) is 14.6 Å². The predicted octanol–water partition coefficient (Wildman–Crippen LogP) is 3.02. The SMILES string of the molecule is Cc1ccn2nc(Nc3cc(N)ccc3Cl)nc2c1. The fourth-order valence-electron chi connectivity index (χ4n) is 1.80. The quantitative estimate of drug-likeness (QED) is 0.704. The van der Waals surface area contributed by atoms with Crippen molar-refractivity contribution in [2.24, 2.45) is 0 Å². The van der Waals surface area contributed by atoms with Crippen molar-refractivity contribution in [1.29, 1.82) is 0 Å². The van der Waals surface area contributed by atoms with Crippen LogP contribution in [0.3, 0.4) is 0 Å². The summed E-state index contributed by atoms with van der Waals surface area (Å²) in [7, 11) is 0. The monoisotopic (exact) mass is 273 g/mol. The van der Waals surface area contributed by atoms with Crippen LogP contribution in [-0.2, 0) is 0 Å². The summed E-state index contributed by atoms with van der Waals surface area (Å²) < 4.78 is 1.70. The lowest BCUT2D eigenvalue weighted by Gasteiger charge is -2.04. The molecule has 0 aliphatic carbocycles. The topological polar surface area (TPSA) is 68.2 Å². The van der Waals surface area contributed by atoms with Gasteiger partial charge in [-0.2, -0.15) is 4.98 Å². The van der Waals surface area contributed by atoms with Gasteiger partial charge in [0.2, 0.25) is 5.95 Å². The number of fused-ring (bicyclic) bond motifs is 1. The molecule has 0 spiro atoms. The van der Waals surface area contributed by atoms with Crippen LogP contribution in [0.2, 0.25) is 5.02 Å². The molecule has 6 heteroatoms. The van der Waals surface area contributed by atoms with E-state index in [1.807, 2.05) is 25.3 Å². The van der Waals surface area contributed by atoms with E-state index in [9.17, 15) is 0 Å². The number of nitrogens with zero attached hydrogens (tertiary/aromatic N) is 3. The Bertz CT molecular complexity index is 750. The normalized spacial score (nSPS) is 10.8. The van der Waals surface area contributed by atoms with Gasteiger partial charge in [0.1, 0.15) is 0 Å². The first kappa shape index (κ1) is 11.8. The third kappa shape index (κ3) is 2.32. The zero-order valence-corrected chi connectivity index (χ0v) is 11.0. The van der Waals surface area contributed by atoms with E-state index in [2.05, 4.69) is 15.4 Å². The third-order valence-electron chi connectivity index (χ3n) is 2.73. The molecule has 0 amide bonds. The summed E-state index contributed by atoms with van der Waals surface area (Å²) in [5.74, 6) is 0.484.